The average molecular weight is 355 g/mol. The Balaban J connectivity index is 1.44. The summed E-state index contributed by atoms with van der Waals surface area (Å²) in [4.78, 5) is 25.9. The van der Waals surface area contributed by atoms with Crippen molar-refractivity contribution in [2.24, 2.45) is 0 Å². The van der Waals surface area contributed by atoms with Crippen LogP contribution in [0, 0.1) is 13.8 Å². The van der Waals surface area contributed by atoms with Crippen LogP contribution in [0.3, 0.4) is 0 Å². The average Bonchev–Trinajstić information content (AvgIpc) is 3.17. The first-order valence-corrected chi connectivity index (χ1v) is 8.92. The molecule has 0 radical (unpaired) electrons. The highest BCUT2D eigenvalue weighted by Gasteiger charge is 2.23. The molecule has 0 aliphatic carbocycles. The predicted octanol–water partition coefficient (Wildman–Crippen LogP) is 1.86. The van der Waals surface area contributed by atoms with E-state index in [1.54, 1.807) is 6.07 Å². The number of hydrogen-bond acceptors (Lipinski definition) is 4. The number of nitrogens with one attached hydrogen (secondary N) is 3. The Morgan fingerprint density at radius 3 is 2.65 bits per heavy atom. The maximum Gasteiger partial charge on any atom is 0.269 e. The molecule has 0 saturated carbocycles. The highest BCUT2D eigenvalue weighted by Crippen LogP contribution is 2.21. The van der Waals surface area contributed by atoms with Gasteiger partial charge in [-0.25, -0.2) is 0 Å². The molecule has 1 aromatic carbocycles. The molecule has 1 aromatic heterocycles. The molecule has 1 saturated heterocycles. The van der Waals surface area contributed by atoms with Crippen LogP contribution in [-0.4, -0.2) is 52.6 Å². The zero-order valence-electron chi connectivity index (χ0n) is 15.2. The third-order valence-electron chi connectivity index (χ3n) is 4.73. The summed E-state index contributed by atoms with van der Waals surface area (Å²) in [5, 5.41) is 12.5. The summed E-state index contributed by atoms with van der Waals surface area (Å²) in [5.74, 6) is -0.370. The summed E-state index contributed by atoms with van der Waals surface area (Å²) in [6.07, 6.45) is 3.30. The van der Waals surface area contributed by atoms with E-state index in [4.69, 9.17) is 0 Å². The number of likely N-dealkylation sites (tertiary alicyclic amines) is 1. The number of aryl methyl sites for hydroxylation is 2. The molecule has 1 aliphatic rings. The molecule has 0 bridgehead atoms. The molecular weight excluding hydrogens is 330 g/mol. The smallest absolute Gasteiger partial charge is 0.269 e. The van der Waals surface area contributed by atoms with Gasteiger partial charge in [-0.1, -0.05) is 17.7 Å². The molecule has 0 atom stereocenters. The van der Waals surface area contributed by atoms with Crippen LogP contribution in [0.4, 0.5) is 5.69 Å². The molecule has 1 fully saturated rings. The van der Waals surface area contributed by atoms with E-state index < -0.39 is 0 Å². The number of hydrogen-bond donors (Lipinski definition) is 3. The molecule has 7 heteroatoms. The number of anilines is 1. The van der Waals surface area contributed by atoms with Crippen LogP contribution >= 0.6 is 0 Å². The fourth-order valence-corrected chi connectivity index (χ4v) is 3.21. The highest BCUT2D eigenvalue weighted by atomic mass is 16.2. The molecule has 1 aliphatic heterocycles. The second-order valence-electron chi connectivity index (χ2n) is 6.77. The molecule has 3 N–H and O–H groups in total. The zero-order chi connectivity index (χ0) is 18.5. The minimum absolute atomic E-state index is 0.00696. The Morgan fingerprint density at radius 1 is 1.23 bits per heavy atom. The predicted molar refractivity (Wildman–Crippen MR) is 100 cm³/mol. The monoisotopic (exact) mass is 355 g/mol. The van der Waals surface area contributed by atoms with E-state index >= 15 is 0 Å². The molecule has 138 valence electrons. The lowest BCUT2D eigenvalue weighted by Crippen LogP contribution is -2.46. The second kappa shape index (κ2) is 8.03. The van der Waals surface area contributed by atoms with E-state index in [1.807, 2.05) is 4.90 Å². The first kappa shape index (κ1) is 18.0. The van der Waals surface area contributed by atoms with Crippen LogP contribution in [0.5, 0.6) is 0 Å². The van der Waals surface area contributed by atoms with Crippen molar-refractivity contribution in [1.82, 2.24) is 20.4 Å². The summed E-state index contributed by atoms with van der Waals surface area (Å²) in [7, 11) is 0. The van der Waals surface area contributed by atoms with E-state index in [0.717, 1.165) is 18.5 Å². The van der Waals surface area contributed by atoms with Gasteiger partial charge in [0.2, 0.25) is 5.91 Å². The lowest BCUT2D eigenvalue weighted by molar-refractivity contribution is -0.131. The van der Waals surface area contributed by atoms with Crippen molar-refractivity contribution < 1.29 is 9.59 Å². The fourth-order valence-electron chi connectivity index (χ4n) is 3.21. The number of benzene rings is 1. The van der Waals surface area contributed by atoms with Crippen molar-refractivity contribution in [2.45, 2.75) is 32.7 Å². The summed E-state index contributed by atoms with van der Waals surface area (Å²) in [5.41, 5.74) is 4.01. The first-order valence-electron chi connectivity index (χ1n) is 8.92. The number of carbonyl (C=O) groups is 2. The summed E-state index contributed by atoms with van der Waals surface area (Å²) in [6.45, 7) is 5.60. The molecule has 2 heterocycles. The second-order valence-corrected chi connectivity index (χ2v) is 6.77. The number of H-pyrrole nitrogens is 1. The van der Waals surface area contributed by atoms with Gasteiger partial charge in [0.05, 0.1) is 6.54 Å². The summed E-state index contributed by atoms with van der Waals surface area (Å²) in [6, 6.07) is 8.33. The fraction of sp³-hybridized carbons (Fsp3) is 0.421. The molecule has 3 rings (SSSR count). The quantitative estimate of drug-likeness (QED) is 0.764. The van der Waals surface area contributed by atoms with Gasteiger partial charge in [-0.15, -0.1) is 0 Å². The number of aromatic amines is 1. The van der Waals surface area contributed by atoms with Gasteiger partial charge in [0.15, 0.2) is 0 Å². The maximum absolute atomic E-state index is 12.3. The van der Waals surface area contributed by atoms with Crippen LogP contribution in [0.15, 0.2) is 30.5 Å². The standard InChI is InChI=1S/C19H25N5O2/c1-13-3-4-16(14(2)11-13)22-15-6-9-24(10-7-15)18(25)12-20-19(26)17-5-8-21-23-17/h3-5,8,11,15,22H,6-7,9-10,12H2,1-2H3,(H,20,26)(H,21,23). The SMILES string of the molecule is Cc1ccc(NC2CCN(C(=O)CNC(=O)c3ccn[nH]3)CC2)c(C)c1. The van der Waals surface area contributed by atoms with Crippen molar-refractivity contribution in [2.75, 3.05) is 25.0 Å². The Labute approximate surface area is 153 Å². The Bertz CT molecular complexity index is 764. The van der Waals surface area contributed by atoms with Gasteiger partial charge >= 0.3 is 0 Å². The molecule has 0 unspecified atom stereocenters. The van der Waals surface area contributed by atoms with Gasteiger partial charge in [-0.3, -0.25) is 14.7 Å². The van der Waals surface area contributed by atoms with Gasteiger partial charge in [0.1, 0.15) is 5.69 Å². The lowest BCUT2D eigenvalue weighted by atomic mass is 10.0. The van der Waals surface area contributed by atoms with Gasteiger partial charge in [-0.05, 0) is 44.4 Å². The van der Waals surface area contributed by atoms with Gasteiger partial charge in [0.25, 0.3) is 5.91 Å². The van der Waals surface area contributed by atoms with Crippen LogP contribution in [-0.2, 0) is 4.79 Å². The zero-order valence-corrected chi connectivity index (χ0v) is 15.2. The van der Waals surface area contributed by atoms with Crippen molar-refractivity contribution in [3.63, 3.8) is 0 Å². The number of aromatic nitrogens is 2. The first-order chi connectivity index (χ1) is 12.5. The lowest BCUT2D eigenvalue weighted by Gasteiger charge is -2.33. The van der Waals surface area contributed by atoms with Crippen molar-refractivity contribution >= 4 is 17.5 Å². The Kier molecular flexibility index (Phi) is 5.55. The molecule has 26 heavy (non-hydrogen) atoms. The van der Waals surface area contributed by atoms with Crippen LogP contribution < -0.4 is 10.6 Å². The molecule has 0 spiro atoms. The van der Waals surface area contributed by atoms with E-state index in [-0.39, 0.29) is 18.4 Å². The van der Waals surface area contributed by atoms with Crippen molar-refractivity contribution in [1.29, 1.82) is 0 Å². The number of rotatable bonds is 5. The van der Waals surface area contributed by atoms with E-state index in [9.17, 15) is 9.59 Å². The number of piperidine rings is 1. The highest BCUT2D eigenvalue weighted by molar-refractivity contribution is 5.94. The Hall–Kier alpha value is -2.83. The van der Waals surface area contributed by atoms with Gasteiger partial charge < -0.3 is 15.5 Å². The van der Waals surface area contributed by atoms with E-state index in [1.165, 1.54) is 17.3 Å². The normalized spacial score (nSPS) is 14.9. The minimum atomic E-state index is -0.317. The van der Waals surface area contributed by atoms with E-state index in [0.29, 0.717) is 24.8 Å². The van der Waals surface area contributed by atoms with E-state index in [2.05, 4.69) is 52.9 Å². The molecule has 7 nitrogen and oxygen atoms in total. The van der Waals surface area contributed by atoms with Crippen molar-refractivity contribution in [3.05, 3.63) is 47.3 Å². The van der Waals surface area contributed by atoms with Crippen LogP contribution in [0.1, 0.15) is 34.5 Å². The third kappa shape index (κ3) is 4.41. The van der Waals surface area contributed by atoms with Crippen molar-refractivity contribution in [3.8, 4) is 0 Å². The third-order valence-corrected chi connectivity index (χ3v) is 4.73. The molecule has 2 amide bonds. The van der Waals surface area contributed by atoms with Gasteiger partial charge in [-0.2, -0.15) is 5.10 Å². The van der Waals surface area contributed by atoms with Crippen LogP contribution in [0.2, 0.25) is 0 Å². The van der Waals surface area contributed by atoms with Crippen LogP contribution in [0.25, 0.3) is 0 Å². The minimum Gasteiger partial charge on any atom is -0.382 e. The number of nitrogens with zero attached hydrogens (tertiary/aromatic N) is 2. The maximum atomic E-state index is 12.3. The largest absolute Gasteiger partial charge is 0.382 e. The topological polar surface area (TPSA) is 90.1 Å². The molecule has 2 aromatic rings. The number of carbonyl (C=O) groups excluding carboxylic acids is 2. The van der Waals surface area contributed by atoms with Gasteiger partial charge in [0, 0.05) is 31.0 Å². The summed E-state index contributed by atoms with van der Waals surface area (Å²) < 4.78 is 0. The molecular formula is C19H25N5O2. The summed E-state index contributed by atoms with van der Waals surface area (Å²) >= 11 is 0. The number of amides is 2. The Morgan fingerprint density at radius 2 is 2.00 bits per heavy atom.